The Hall–Kier alpha value is -2.86. The zero-order valence-corrected chi connectivity index (χ0v) is 22.6. The van der Waals surface area contributed by atoms with Crippen LogP contribution in [-0.2, 0) is 10.2 Å². The maximum absolute atomic E-state index is 6.60. The smallest absolute Gasteiger partial charge is 0.197 e. The average Bonchev–Trinajstić information content (AvgIpc) is 2.81. The summed E-state index contributed by atoms with van der Waals surface area (Å²) in [5, 5.41) is 0. The largest absolute Gasteiger partial charge is 0.491 e. The Labute approximate surface area is 216 Å². The van der Waals surface area contributed by atoms with Gasteiger partial charge in [0.1, 0.15) is 18.1 Å². The van der Waals surface area contributed by atoms with Crippen molar-refractivity contribution in [2.24, 2.45) is 11.5 Å². The second-order valence-electron chi connectivity index (χ2n) is 11.0. The summed E-state index contributed by atoms with van der Waals surface area (Å²) >= 11 is 0. The van der Waals surface area contributed by atoms with Crippen molar-refractivity contribution in [3.05, 3.63) is 84.4 Å². The molecule has 0 aromatic heterocycles. The lowest BCUT2D eigenvalue weighted by Crippen LogP contribution is -2.56. The Morgan fingerprint density at radius 3 is 1.81 bits per heavy atom. The van der Waals surface area contributed by atoms with Gasteiger partial charge in [0.2, 0.25) is 0 Å². The number of ether oxygens (including phenoxy) is 3. The van der Waals surface area contributed by atoms with E-state index in [-0.39, 0.29) is 11.0 Å². The van der Waals surface area contributed by atoms with E-state index in [9.17, 15) is 0 Å². The van der Waals surface area contributed by atoms with Gasteiger partial charge in [0.05, 0.1) is 6.61 Å². The third-order valence-corrected chi connectivity index (χ3v) is 6.69. The minimum Gasteiger partial charge on any atom is -0.491 e. The molecular weight excluding hydrogens is 448 g/mol. The molecule has 5 nitrogen and oxygen atoms in total. The third kappa shape index (κ3) is 7.57. The molecule has 3 aromatic rings. The van der Waals surface area contributed by atoms with E-state index in [1.807, 2.05) is 63.2 Å². The molecule has 194 valence electrons. The van der Waals surface area contributed by atoms with Gasteiger partial charge >= 0.3 is 0 Å². The van der Waals surface area contributed by atoms with Gasteiger partial charge in [-0.1, -0.05) is 61.5 Å². The molecule has 4 N–H and O–H groups in total. The van der Waals surface area contributed by atoms with Gasteiger partial charge in [0.15, 0.2) is 6.29 Å². The summed E-state index contributed by atoms with van der Waals surface area (Å²) < 4.78 is 17.6. The predicted octanol–water partition coefficient (Wildman–Crippen LogP) is 6.30. The molecule has 0 heterocycles. The van der Waals surface area contributed by atoms with Crippen LogP contribution in [0.3, 0.4) is 0 Å². The molecule has 5 heteroatoms. The maximum Gasteiger partial charge on any atom is 0.197 e. The van der Waals surface area contributed by atoms with Gasteiger partial charge in [-0.05, 0) is 82.0 Å². The lowest BCUT2D eigenvalue weighted by Gasteiger charge is -2.46. The average molecular weight is 491 g/mol. The standard InChI is InChI=1S/C31H42N2O3/c1-23(34-20-21-35-27-16-12-25(13-17-27)24-10-8-7-9-11-24)36-28-18-14-26(15-19-28)31(6,30(4,5)33)22-29(2,3)32/h7-19,23H,20-22,32-33H2,1-6H3. The molecule has 36 heavy (non-hydrogen) atoms. The van der Waals surface area contributed by atoms with Crippen molar-refractivity contribution in [3.63, 3.8) is 0 Å². The van der Waals surface area contributed by atoms with Crippen molar-refractivity contribution in [1.29, 1.82) is 0 Å². The highest BCUT2D eigenvalue weighted by molar-refractivity contribution is 5.63. The minimum atomic E-state index is -0.440. The molecule has 0 spiro atoms. The van der Waals surface area contributed by atoms with E-state index in [1.165, 1.54) is 5.56 Å². The van der Waals surface area contributed by atoms with E-state index >= 15 is 0 Å². The van der Waals surface area contributed by atoms with Crippen molar-refractivity contribution in [1.82, 2.24) is 0 Å². The van der Waals surface area contributed by atoms with Gasteiger partial charge in [0.25, 0.3) is 0 Å². The van der Waals surface area contributed by atoms with Crippen LogP contribution in [0.25, 0.3) is 11.1 Å². The van der Waals surface area contributed by atoms with Crippen LogP contribution in [0.15, 0.2) is 78.9 Å². The Morgan fingerprint density at radius 1 is 0.694 bits per heavy atom. The lowest BCUT2D eigenvalue weighted by atomic mass is 9.63. The molecular formula is C31H42N2O3. The van der Waals surface area contributed by atoms with E-state index in [2.05, 4.69) is 57.2 Å². The first-order chi connectivity index (χ1) is 16.9. The highest BCUT2D eigenvalue weighted by Gasteiger charge is 2.42. The molecule has 0 fully saturated rings. The third-order valence-electron chi connectivity index (χ3n) is 6.69. The molecule has 0 saturated heterocycles. The summed E-state index contributed by atoms with van der Waals surface area (Å²) in [7, 11) is 0. The molecule has 3 aromatic carbocycles. The van der Waals surface area contributed by atoms with Crippen LogP contribution in [-0.4, -0.2) is 30.6 Å². The van der Waals surface area contributed by atoms with Crippen LogP contribution in [0.5, 0.6) is 11.5 Å². The Morgan fingerprint density at radius 2 is 1.25 bits per heavy atom. The summed E-state index contributed by atoms with van der Waals surface area (Å²) in [6.07, 6.45) is 0.360. The van der Waals surface area contributed by atoms with E-state index in [0.717, 1.165) is 29.0 Å². The van der Waals surface area contributed by atoms with E-state index in [4.69, 9.17) is 25.7 Å². The van der Waals surface area contributed by atoms with Gasteiger partial charge in [-0.2, -0.15) is 0 Å². The fraction of sp³-hybridized carbons (Fsp3) is 0.419. The lowest BCUT2D eigenvalue weighted by molar-refractivity contribution is -0.0739. The topological polar surface area (TPSA) is 79.7 Å². The normalized spacial score (nSPS) is 14.7. The van der Waals surface area contributed by atoms with Crippen LogP contribution in [0.4, 0.5) is 0 Å². The summed E-state index contributed by atoms with van der Waals surface area (Å²) in [6, 6.07) is 26.4. The molecule has 3 rings (SSSR count). The molecule has 0 aliphatic heterocycles. The van der Waals surface area contributed by atoms with Crippen LogP contribution in [0.2, 0.25) is 0 Å². The summed E-state index contributed by atoms with van der Waals surface area (Å²) in [5.74, 6) is 1.56. The van der Waals surface area contributed by atoms with Gasteiger partial charge in [-0.3, -0.25) is 0 Å². The fourth-order valence-corrected chi connectivity index (χ4v) is 4.49. The molecule has 0 radical (unpaired) electrons. The first-order valence-corrected chi connectivity index (χ1v) is 12.6. The Bertz CT molecular complexity index is 1070. The number of rotatable bonds is 12. The second-order valence-corrected chi connectivity index (χ2v) is 11.0. The predicted molar refractivity (Wildman–Crippen MR) is 148 cm³/mol. The number of benzene rings is 3. The fourth-order valence-electron chi connectivity index (χ4n) is 4.49. The van der Waals surface area contributed by atoms with E-state index < -0.39 is 11.8 Å². The minimum absolute atomic E-state index is 0.289. The number of hydrogen-bond acceptors (Lipinski definition) is 5. The van der Waals surface area contributed by atoms with Gasteiger partial charge in [-0.15, -0.1) is 0 Å². The Kier molecular flexibility index (Phi) is 8.83. The SMILES string of the molecule is CC(OCCOc1ccc(-c2ccccc2)cc1)Oc1ccc(C(C)(CC(C)(C)N)C(C)(C)N)cc1. The first-order valence-electron chi connectivity index (χ1n) is 12.6. The molecule has 2 atom stereocenters. The van der Waals surface area contributed by atoms with Crippen molar-refractivity contribution in [2.45, 2.75) is 70.7 Å². The molecule has 0 amide bonds. The maximum atomic E-state index is 6.60. The number of hydrogen-bond donors (Lipinski definition) is 2. The van der Waals surface area contributed by atoms with Gasteiger partial charge in [0, 0.05) is 16.5 Å². The molecule has 0 saturated carbocycles. The number of nitrogens with two attached hydrogens (primary N) is 2. The van der Waals surface area contributed by atoms with Crippen LogP contribution in [0, 0.1) is 0 Å². The van der Waals surface area contributed by atoms with E-state index in [0.29, 0.717) is 13.2 Å². The van der Waals surface area contributed by atoms with Crippen molar-refractivity contribution in [2.75, 3.05) is 13.2 Å². The van der Waals surface area contributed by atoms with Crippen LogP contribution in [0.1, 0.15) is 53.5 Å². The molecule has 2 unspecified atom stereocenters. The van der Waals surface area contributed by atoms with Crippen LogP contribution < -0.4 is 20.9 Å². The summed E-state index contributed by atoms with van der Waals surface area (Å²) in [5.41, 5.74) is 15.4. The highest BCUT2D eigenvalue weighted by Crippen LogP contribution is 2.40. The van der Waals surface area contributed by atoms with E-state index in [1.54, 1.807) is 0 Å². The summed E-state index contributed by atoms with van der Waals surface area (Å²) in [6.45, 7) is 13.1. The van der Waals surface area contributed by atoms with Crippen LogP contribution >= 0.6 is 0 Å². The monoisotopic (exact) mass is 490 g/mol. The quantitative estimate of drug-likeness (QED) is 0.230. The molecule has 0 bridgehead atoms. The highest BCUT2D eigenvalue weighted by atomic mass is 16.7. The first kappa shape index (κ1) is 27.7. The van der Waals surface area contributed by atoms with Crippen molar-refractivity contribution < 1.29 is 14.2 Å². The van der Waals surface area contributed by atoms with Gasteiger partial charge in [-0.25, -0.2) is 0 Å². The zero-order valence-electron chi connectivity index (χ0n) is 22.6. The Balaban J connectivity index is 1.48. The molecule has 0 aliphatic rings. The summed E-state index contributed by atoms with van der Waals surface area (Å²) in [4.78, 5) is 0. The second kappa shape index (κ2) is 11.5. The molecule has 0 aliphatic carbocycles. The van der Waals surface area contributed by atoms with Crippen molar-refractivity contribution in [3.8, 4) is 22.6 Å². The zero-order chi connectivity index (χ0) is 26.4. The van der Waals surface area contributed by atoms with Crippen molar-refractivity contribution >= 4 is 0 Å². The van der Waals surface area contributed by atoms with Gasteiger partial charge < -0.3 is 25.7 Å².